The van der Waals surface area contributed by atoms with Crippen LogP contribution in [-0.2, 0) is 17.9 Å². The zero-order valence-electron chi connectivity index (χ0n) is 17.8. The van der Waals surface area contributed by atoms with Gasteiger partial charge in [0.25, 0.3) is 11.8 Å². The van der Waals surface area contributed by atoms with Crippen molar-refractivity contribution in [1.29, 1.82) is 0 Å². The van der Waals surface area contributed by atoms with Crippen LogP contribution < -0.4 is 19.5 Å². The van der Waals surface area contributed by atoms with Crippen LogP contribution in [0.4, 0.5) is 5.69 Å². The topological polar surface area (TPSA) is 77.1 Å². The van der Waals surface area contributed by atoms with Gasteiger partial charge in [0.15, 0.2) is 17.6 Å². The summed E-state index contributed by atoms with van der Waals surface area (Å²) >= 11 is 6.14. The second kappa shape index (κ2) is 8.67. The maximum Gasteiger partial charge on any atom is 0.263 e. The minimum absolute atomic E-state index is 0.120. The van der Waals surface area contributed by atoms with Gasteiger partial charge in [0.05, 0.1) is 10.6 Å². The number of benzene rings is 3. The van der Waals surface area contributed by atoms with Crippen molar-refractivity contribution in [2.24, 2.45) is 0 Å². The van der Waals surface area contributed by atoms with Crippen LogP contribution >= 0.6 is 11.6 Å². The Morgan fingerprint density at radius 3 is 2.70 bits per heavy atom. The molecule has 1 atom stereocenters. The number of anilines is 1. The molecule has 1 N–H and O–H groups in total. The molecule has 2 aliphatic rings. The molecule has 0 saturated heterocycles. The summed E-state index contributed by atoms with van der Waals surface area (Å²) in [6, 6.07) is 17.8. The highest BCUT2D eigenvalue weighted by atomic mass is 35.5. The van der Waals surface area contributed by atoms with E-state index in [1.807, 2.05) is 24.3 Å². The standard InChI is InChI=1S/C25H21ClN2O5/c1-15-25(30)28(12-16-6-8-22-23(10-16)32-14-31-22)13-17-11-18(7-9-21(17)33-15)27-24(29)19-4-2-3-5-20(19)26/h2-11,15H,12-14H2,1H3,(H,27,29). The van der Waals surface area contributed by atoms with Crippen LogP contribution in [0.3, 0.4) is 0 Å². The van der Waals surface area contributed by atoms with Gasteiger partial charge in [0, 0.05) is 24.3 Å². The highest BCUT2D eigenvalue weighted by Gasteiger charge is 2.28. The fourth-order valence-electron chi connectivity index (χ4n) is 3.91. The van der Waals surface area contributed by atoms with Gasteiger partial charge in [-0.15, -0.1) is 0 Å². The zero-order chi connectivity index (χ0) is 22.9. The van der Waals surface area contributed by atoms with Gasteiger partial charge in [0.2, 0.25) is 6.79 Å². The second-order valence-electron chi connectivity index (χ2n) is 7.90. The van der Waals surface area contributed by atoms with E-state index in [0.29, 0.717) is 46.6 Å². The van der Waals surface area contributed by atoms with E-state index in [1.54, 1.807) is 48.2 Å². The molecular weight excluding hydrogens is 444 g/mol. The van der Waals surface area contributed by atoms with E-state index < -0.39 is 6.10 Å². The van der Waals surface area contributed by atoms with Gasteiger partial charge >= 0.3 is 0 Å². The van der Waals surface area contributed by atoms with Crippen molar-refractivity contribution in [2.45, 2.75) is 26.1 Å². The molecule has 1 unspecified atom stereocenters. The Hall–Kier alpha value is -3.71. The maximum absolute atomic E-state index is 13.0. The normalized spacial score (nSPS) is 16.6. The lowest BCUT2D eigenvalue weighted by atomic mass is 10.1. The third-order valence-corrected chi connectivity index (χ3v) is 5.90. The predicted octanol–water partition coefficient (Wildman–Crippen LogP) is 4.63. The maximum atomic E-state index is 13.0. The summed E-state index contributed by atoms with van der Waals surface area (Å²) in [5.41, 5.74) is 2.70. The summed E-state index contributed by atoms with van der Waals surface area (Å²) in [6.07, 6.45) is -0.635. The molecule has 0 aliphatic carbocycles. The van der Waals surface area contributed by atoms with Crippen molar-refractivity contribution in [1.82, 2.24) is 4.90 Å². The van der Waals surface area contributed by atoms with Gasteiger partial charge in [-0.05, 0) is 55.0 Å². The van der Waals surface area contributed by atoms with E-state index in [-0.39, 0.29) is 18.6 Å². The Morgan fingerprint density at radius 1 is 1.06 bits per heavy atom. The Labute approximate surface area is 195 Å². The number of nitrogens with one attached hydrogen (secondary N) is 1. The molecule has 0 fully saturated rings. The van der Waals surface area contributed by atoms with E-state index in [4.69, 9.17) is 25.8 Å². The molecule has 2 aliphatic heterocycles. The molecule has 0 bridgehead atoms. The number of nitrogens with zero attached hydrogens (tertiary/aromatic N) is 1. The monoisotopic (exact) mass is 464 g/mol. The van der Waals surface area contributed by atoms with E-state index in [2.05, 4.69) is 5.32 Å². The molecule has 2 heterocycles. The number of hydrogen-bond donors (Lipinski definition) is 1. The summed E-state index contributed by atoms with van der Waals surface area (Å²) in [5.74, 6) is 1.55. The third kappa shape index (κ3) is 4.32. The average Bonchev–Trinajstić information content (AvgIpc) is 3.23. The lowest BCUT2D eigenvalue weighted by molar-refractivity contribution is -0.138. The number of rotatable bonds is 4. The second-order valence-corrected chi connectivity index (χ2v) is 8.31. The van der Waals surface area contributed by atoms with Gasteiger partial charge < -0.3 is 24.4 Å². The lowest BCUT2D eigenvalue weighted by Crippen LogP contribution is -2.37. The molecular formula is C25H21ClN2O5. The molecule has 3 aromatic carbocycles. The van der Waals surface area contributed by atoms with Crippen LogP contribution in [-0.4, -0.2) is 29.6 Å². The summed E-state index contributed by atoms with van der Waals surface area (Å²) in [4.78, 5) is 27.4. The molecule has 168 valence electrons. The van der Waals surface area contributed by atoms with E-state index in [9.17, 15) is 9.59 Å². The molecule has 5 rings (SSSR count). The molecule has 8 heteroatoms. The van der Waals surface area contributed by atoms with Gasteiger partial charge in [-0.3, -0.25) is 9.59 Å². The summed E-state index contributed by atoms with van der Waals surface area (Å²) in [7, 11) is 0. The number of fused-ring (bicyclic) bond motifs is 2. The van der Waals surface area contributed by atoms with E-state index in [1.165, 1.54) is 0 Å². The molecule has 2 amide bonds. The Kier molecular flexibility index (Phi) is 5.56. The first-order valence-electron chi connectivity index (χ1n) is 10.5. The molecule has 33 heavy (non-hydrogen) atoms. The first-order valence-corrected chi connectivity index (χ1v) is 10.9. The average molecular weight is 465 g/mol. The molecule has 7 nitrogen and oxygen atoms in total. The van der Waals surface area contributed by atoms with Crippen LogP contribution in [0, 0.1) is 0 Å². The van der Waals surface area contributed by atoms with Crippen LogP contribution in [0.5, 0.6) is 17.2 Å². The van der Waals surface area contributed by atoms with Gasteiger partial charge in [-0.25, -0.2) is 0 Å². The highest BCUT2D eigenvalue weighted by Crippen LogP contribution is 2.34. The number of carbonyl (C=O) groups is 2. The predicted molar refractivity (Wildman–Crippen MR) is 123 cm³/mol. The summed E-state index contributed by atoms with van der Waals surface area (Å²) in [5, 5.41) is 3.25. The van der Waals surface area contributed by atoms with Crippen molar-refractivity contribution >= 4 is 29.1 Å². The number of ether oxygens (including phenoxy) is 3. The van der Waals surface area contributed by atoms with Gasteiger partial charge in [0.1, 0.15) is 5.75 Å². The summed E-state index contributed by atoms with van der Waals surface area (Å²) in [6.45, 7) is 2.65. The fraction of sp³-hybridized carbons (Fsp3) is 0.200. The fourth-order valence-corrected chi connectivity index (χ4v) is 4.14. The van der Waals surface area contributed by atoms with Crippen molar-refractivity contribution < 1.29 is 23.8 Å². The summed E-state index contributed by atoms with van der Waals surface area (Å²) < 4.78 is 16.7. The number of hydrogen-bond acceptors (Lipinski definition) is 5. The first kappa shape index (κ1) is 21.2. The molecule has 0 spiro atoms. The number of carbonyl (C=O) groups excluding carboxylic acids is 2. The van der Waals surface area contributed by atoms with Crippen LogP contribution in [0.25, 0.3) is 0 Å². The molecule has 3 aromatic rings. The van der Waals surface area contributed by atoms with Crippen LogP contribution in [0.15, 0.2) is 60.7 Å². The minimum atomic E-state index is -0.635. The lowest BCUT2D eigenvalue weighted by Gasteiger charge is -2.22. The zero-order valence-corrected chi connectivity index (χ0v) is 18.6. The van der Waals surface area contributed by atoms with Crippen LogP contribution in [0.1, 0.15) is 28.4 Å². The Bertz CT molecular complexity index is 1250. The van der Waals surface area contributed by atoms with Crippen molar-refractivity contribution in [2.75, 3.05) is 12.1 Å². The Balaban J connectivity index is 1.38. The van der Waals surface area contributed by atoms with Crippen molar-refractivity contribution in [3.05, 3.63) is 82.4 Å². The molecule has 0 aromatic heterocycles. The van der Waals surface area contributed by atoms with Gasteiger partial charge in [-0.1, -0.05) is 29.8 Å². The first-order chi connectivity index (χ1) is 16.0. The quantitative estimate of drug-likeness (QED) is 0.609. The minimum Gasteiger partial charge on any atom is -0.481 e. The number of amides is 2. The van der Waals surface area contributed by atoms with Gasteiger partial charge in [-0.2, -0.15) is 0 Å². The van der Waals surface area contributed by atoms with E-state index in [0.717, 1.165) is 11.1 Å². The highest BCUT2D eigenvalue weighted by molar-refractivity contribution is 6.34. The SMILES string of the molecule is CC1Oc2ccc(NC(=O)c3ccccc3Cl)cc2CN(Cc2ccc3c(c2)OCO3)C1=O. The van der Waals surface area contributed by atoms with E-state index >= 15 is 0 Å². The molecule has 0 saturated carbocycles. The van der Waals surface area contributed by atoms with Crippen molar-refractivity contribution in [3.8, 4) is 17.2 Å². The smallest absolute Gasteiger partial charge is 0.263 e. The Morgan fingerprint density at radius 2 is 1.85 bits per heavy atom. The molecule has 0 radical (unpaired) electrons. The third-order valence-electron chi connectivity index (χ3n) is 5.57. The van der Waals surface area contributed by atoms with Crippen molar-refractivity contribution in [3.63, 3.8) is 0 Å². The largest absolute Gasteiger partial charge is 0.481 e. The van der Waals surface area contributed by atoms with Crippen LogP contribution in [0.2, 0.25) is 5.02 Å². The number of halogens is 1.